The van der Waals surface area contributed by atoms with Crippen LogP contribution in [-0.2, 0) is 52.6 Å². The highest BCUT2D eigenvalue weighted by atomic mass is 16.5. The number of nitrogens with zero attached hydrogens (tertiary/aromatic N) is 4. The predicted octanol–water partition coefficient (Wildman–Crippen LogP) is 8.73. The Kier molecular flexibility index (Phi) is 24.2. The number of hydrogen-bond donors (Lipinski definition) is 6. The number of fused-ring (bicyclic) bond motifs is 2. The zero-order valence-corrected chi connectivity index (χ0v) is 54.0. The third kappa shape index (κ3) is 18.6. The van der Waals surface area contributed by atoms with E-state index in [4.69, 9.17) is 9.47 Å². The van der Waals surface area contributed by atoms with Gasteiger partial charge >= 0.3 is 17.9 Å². The smallest absolute Gasteiger partial charge is 0.327 e. The van der Waals surface area contributed by atoms with E-state index in [2.05, 4.69) is 31.5 Å². The largest absolute Gasteiger partial charge is 0.480 e. The monoisotopic (exact) mass is 1220 g/mol. The molecule has 2 aromatic carbocycles. The van der Waals surface area contributed by atoms with Gasteiger partial charge in [0.1, 0.15) is 40.8 Å². The van der Waals surface area contributed by atoms with Gasteiger partial charge in [-0.05, 0) is 142 Å². The molecule has 0 radical (unpaired) electrons. The number of nitrogens with one attached hydrogen (secondary N) is 4. The van der Waals surface area contributed by atoms with E-state index >= 15 is 0 Å². The highest BCUT2D eigenvalue weighted by Crippen LogP contribution is 2.31. The lowest BCUT2D eigenvalue weighted by molar-refractivity contribution is -0.158. The van der Waals surface area contributed by atoms with Crippen LogP contribution in [0.5, 0.6) is 0 Å². The summed E-state index contributed by atoms with van der Waals surface area (Å²) in [4.78, 5) is 124. The fourth-order valence-corrected chi connectivity index (χ4v) is 10.3. The number of allylic oxidation sites excluding steroid dienone is 2. The Hall–Kier alpha value is -7.75. The number of benzene rings is 2. The van der Waals surface area contributed by atoms with E-state index < -0.39 is 81.8 Å². The van der Waals surface area contributed by atoms with Crippen molar-refractivity contribution in [1.82, 2.24) is 41.5 Å². The molecule has 4 heterocycles. The van der Waals surface area contributed by atoms with Crippen molar-refractivity contribution < 1.29 is 62.8 Å². The van der Waals surface area contributed by atoms with E-state index in [1.54, 1.807) is 54.5 Å². The molecule has 21 heteroatoms. The first kappa shape index (κ1) is 71.0. The first-order chi connectivity index (χ1) is 41.0. The van der Waals surface area contributed by atoms with E-state index in [1.165, 1.54) is 31.0 Å². The minimum Gasteiger partial charge on any atom is -0.480 e. The molecule has 2 saturated heterocycles. The van der Waals surface area contributed by atoms with Crippen molar-refractivity contribution in [1.29, 1.82) is 0 Å². The van der Waals surface area contributed by atoms with Crippen LogP contribution in [0.25, 0.3) is 34.0 Å². The van der Waals surface area contributed by atoms with Gasteiger partial charge in [0.2, 0.25) is 11.8 Å². The minimum atomic E-state index is -1.26. The lowest BCUT2D eigenvalue weighted by Gasteiger charge is -2.40. The number of esters is 2. The van der Waals surface area contributed by atoms with Gasteiger partial charge in [-0.2, -0.15) is 0 Å². The molecule has 2 fully saturated rings. The van der Waals surface area contributed by atoms with Crippen LogP contribution in [0.4, 0.5) is 0 Å². The number of carboxylic acid groups (broad SMARTS) is 1. The Labute approximate surface area is 517 Å². The van der Waals surface area contributed by atoms with Gasteiger partial charge in [0.05, 0.1) is 35.6 Å². The molecule has 0 bridgehead atoms. The summed E-state index contributed by atoms with van der Waals surface area (Å²) in [6.45, 7) is 26.6. The molecular formula is C67H92N8O13. The van der Waals surface area contributed by atoms with Crippen molar-refractivity contribution in [3.8, 4) is 0 Å². The van der Waals surface area contributed by atoms with Crippen LogP contribution >= 0.6 is 0 Å². The standard InChI is InChI=1S/C35H48N4O7.C32H44N4O6/c1-21(2)27(31(42)36-22(3)32(43)39-18-10-16-35(8,38-39)33(44)45-9)20-30(41)34(6,7)17-15-25-11-12-26-13-14-28(37-29(26)19-25)23(4)46-24(5)40;1-19(2)24(28(39)33-20(3)29(40)36-16-8-14-32(7,35-36)30(41)42)18-27(38)31(5,6)15-13-22-9-10-23-11-12-25(21(4)37)34-26(23)17-22/h11-15,17,19,21-23,27,38H,10,16,18,20H2,1-9H3,(H,36,42);9-13,15,17,19-21,24,35,37H,8,14,16,18H2,1-7H3,(H,33,39)(H,41,42)/b17-15+;15-13+/t22-,23+,27-,35?;20-,21+,24-,32?/m00/s1. The summed E-state index contributed by atoms with van der Waals surface area (Å²) in [7, 11) is 1.30. The summed E-state index contributed by atoms with van der Waals surface area (Å²) in [5.41, 5.74) is 6.12. The number of aliphatic hydroxyl groups is 1. The average molecular weight is 1220 g/mol. The maximum absolute atomic E-state index is 13.5. The fourth-order valence-electron chi connectivity index (χ4n) is 10.3. The molecule has 2 aliphatic rings. The number of ketones is 2. The molecular weight excluding hydrogens is 1120 g/mol. The maximum Gasteiger partial charge on any atom is 0.327 e. The molecule has 21 nitrogen and oxygen atoms in total. The SMILES string of the molecule is CC(C)[C@H](CC(=O)C(C)(C)/C=C/c1ccc2ccc([C@@H](C)O)nc2c1)C(=O)N[C@@H](C)C(=O)N1CCCC(C)(C(=O)O)N1.COC(=O)C1(C)CCCN(C(=O)[C@H](C)NC(=O)[C@@H](CC(=O)C(C)(C)/C=C/c2ccc3ccc([C@@H](C)OC(C)=O)nc3c2)C(C)C)N1. The van der Waals surface area contributed by atoms with Crippen molar-refractivity contribution >= 4 is 87.1 Å². The molecule has 0 saturated carbocycles. The summed E-state index contributed by atoms with van der Waals surface area (Å²) < 4.78 is 10.1. The van der Waals surface area contributed by atoms with E-state index in [0.29, 0.717) is 50.2 Å². The number of Topliss-reactive ketones (excluding diaryl/α,β-unsaturated/α-hetero) is 2. The normalized spacial score (nSPS) is 19.5. The number of rotatable bonds is 23. The van der Waals surface area contributed by atoms with Crippen molar-refractivity contribution in [2.75, 3.05) is 20.2 Å². The van der Waals surface area contributed by atoms with Crippen molar-refractivity contribution in [3.05, 3.63) is 95.3 Å². The number of ether oxygens (including phenoxy) is 2. The minimum absolute atomic E-state index is 0.000793. The number of methoxy groups -OCH3 is 1. The number of aliphatic carboxylic acids is 1. The third-order valence-electron chi connectivity index (χ3n) is 16.6. The molecule has 2 aromatic heterocycles. The van der Waals surface area contributed by atoms with Gasteiger partial charge in [-0.1, -0.05) is 88.4 Å². The van der Waals surface area contributed by atoms with E-state index in [0.717, 1.165) is 32.9 Å². The summed E-state index contributed by atoms with van der Waals surface area (Å²) in [6.07, 6.45) is 8.23. The third-order valence-corrected chi connectivity index (χ3v) is 16.6. The summed E-state index contributed by atoms with van der Waals surface area (Å²) in [5.74, 6) is -5.31. The number of carbonyl (C=O) groups is 9. The van der Waals surface area contributed by atoms with Gasteiger partial charge in [-0.25, -0.2) is 15.8 Å². The van der Waals surface area contributed by atoms with Crippen LogP contribution in [0.1, 0.15) is 177 Å². The molecule has 4 aromatic rings. The number of pyridine rings is 2. The summed E-state index contributed by atoms with van der Waals surface area (Å²) >= 11 is 0. The topological polar surface area (TPSA) is 293 Å². The quantitative estimate of drug-likeness (QED) is 0.0378. The first-order valence-corrected chi connectivity index (χ1v) is 30.2. The number of aromatic nitrogens is 2. The number of hydrogen-bond acceptors (Lipinski definition) is 16. The van der Waals surface area contributed by atoms with E-state index in [1.807, 2.05) is 120 Å². The first-order valence-electron chi connectivity index (χ1n) is 30.2. The number of hydrazine groups is 2. The second kappa shape index (κ2) is 30.0. The van der Waals surface area contributed by atoms with Crippen LogP contribution < -0.4 is 21.5 Å². The molecule has 88 heavy (non-hydrogen) atoms. The van der Waals surface area contributed by atoms with Crippen LogP contribution in [0, 0.1) is 34.5 Å². The number of carbonyl (C=O) groups excluding carboxylic acids is 8. The molecule has 478 valence electrons. The molecule has 2 aliphatic heterocycles. The van der Waals surface area contributed by atoms with Crippen LogP contribution in [0.3, 0.4) is 0 Å². The summed E-state index contributed by atoms with van der Waals surface area (Å²) in [6, 6.07) is 17.2. The Morgan fingerprint density at radius 1 is 0.636 bits per heavy atom. The fraction of sp³-hybridized carbons (Fsp3) is 0.537. The van der Waals surface area contributed by atoms with Crippen molar-refractivity contribution in [3.63, 3.8) is 0 Å². The van der Waals surface area contributed by atoms with Gasteiger partial charge in [0.25, 0.3) is 11.8 Å². The Morgan fingerprint density at radius 3 is 1.43 bits per heavy atom. The molecule has 0 spiro atoms. The summed E-state index contributed by atoms with van der Waals surface area (Å²) in [5, 5.41) is 29.4. The highest BCUT2D eigenvalue weighted by molar-refractivity contribution is 5.95. The molecule has 6 N–H and O–H groups in total. The molecule has 6 rings (SSSR count). The van der Waals surface area contributed by atoms with Gasteiger partial charge in [-0.15, -0.1) is 0 Å². The van der Waals surface area contributed by atoms with Crippen molar-refractivity contribution in [2.45, 2.75) is 178 Å². The molecule has 2 unspecified atom stereocenters. The highest BCUT2D eigenvalue weighted by Gasteiger charge is 2.43. The number of aliphatic hydroxyl groups excluding tert-OH is 1. The number of amides is 4. The maximum atomic E-state index is 13.5. The lowest BCUT2D eigenvalue weighted by atomic mass is 9.79. The Morgan fingerprint density at radius 2 is 1.03 bits per heavy atom. The second-order valence-corrected chi connectivity index (χ2v) is 25.7. The van der Waals surface area contributed by atoms with Crippen LogP contribution in [0.15, 0.2) is 72.8 Å². The molecule has 4 amide bonds. The Balaban J connectivity index is 0.000000322. The van der Waals surface area contributed by atoms with Crippen LogP contribution in [0.2, 0.25) is 0 Å². The van der Waals surface area contributed by atoms with E-state index in [-0.39, 0.29) is 54.0 Å². The van der Waals surface area contributed by atoms with Gasteiger partial charge in [-0.3, -0.25) is 58.2 Å². The van der Waals surface area contributed by atoms with Gasteiger partial charge in [0, 0.05) is 66.3 Å². The zero-order chi connectivity index (χ0) is 65.8. The Bertz CT molecular complexity index is 3300. The predicted molar refractivity (Wildman–Crippen MR) is 336 cm³/mol. The van der Waals surface area contributed by atoms with E-state index in [9.17, 15) is 53.4 Å². The van der Waals surface area contributed by atoms with Crippen LogP contribution in [-0.4, -0.2) is 127 Å². The van der Waals surface area contributed by atoms with Gasteiger partial charge in [0.15, 0.2) is 0 Å². The second-order valence-electron chi connectivity index (χ2n) is 25.7. The van der Waals surface area contributed by atoms with Crippen molar-refractivity contribution in [2.24, 2.45) is 34.5 Å². The lowest BCUT2D eigenvalue weighted by Crippen LogP contribution is -2.65. The van der Waals surface area contributed by atoms with Gasteiger partial charge < -0.3 is 30.3 Å². The average Bonchev–Trinajstić information content (AvgIpc) is 2.47. The molecule has 0 aliphatic carbocycles. The molecule has 8 atom stereocenters. The number of carboxylic acids is 1. The zero-order valence-electron chi connectivity index (χ0n) is 54.0.